The van der Waals surface area contributed by atoms with Crippen LogP contribution >= 0.6 is 63.7 Å². The average Bonchev–Trinajstić information content (AvgIpc) is 2.13. The first-order valence-electron chi connectivity index (χ1n) is 4.80. The highest BCUT2D eigenvalue weighted by molar-refractivity contribution is 9.11. The minimum atomic E-state index is 1.06. The Morgan fingerprint density at radius 1 is 0.529 bits per heavy atom. The summed E-state index contributed by atoms with van der Waals surface area (Å²) in [6.45, 7) is 0. The molecule has 0 aromatic heterocycles. The van der Waals surface area contributed by atoms with Gasteiger partial charge in [0.15, 0.2) is 0 Å². The molecule has 0 aliphatic rings. The third-order valence-electron chi connectivity index (χ3n) is 2.10. The Bertz CT molecular complexity index is 459. The SMILES string of the molecule is Brc1cc(Br)cc([CH]c2cc(Br)cc(Br)c2)c1. The van der Waals surface area contributed by atoms with Gasteiger partial charge in [0.1, 0.15) is 0 Å². The largest absolute Gasteiger partial charge is 0.0508 e. The molecule has 0 spiro atoms. The quantitative estimate of drug-likeness (QED) is 0.469. The van der Waals surface area contributed by atoms with Crippen LogP contribution in [0.5, 0.6) is 0 Å². The van der Waals surface area contributed by atoms with Crippen LogP contribution in [0.3, 0.4) is 0 Å². The minimum absolute atomic E-state index is 1.06. The Kier molecular flexibility index (Phi) is 4.87. The van der Waals surface area contributed by atoms with Gasteiger partial charge in [0.25, 0.3) is 0 Å². The molecule has 2 rings (SSSR count). The highest BCUT2D eigenvalue weighted by atomic mass is 79.9. The van der Waals surface area contributed by atoms with Gasteiger partial charge in [0, 0.05) is 24.3 Å². The van der Waals surface area contributed by atoms with Gasteiger partial charge >= 0.3 is 0 Å². The molecular weight excluding hydrogens is 476 g/mol. The van der Waals surface area contributed by atoms with Crippen molar-refractivity contribution in [1.82, 2.24) is 0 Å². The fourth-order valence-corrected chi connectivity index (χ4v) is 4.17. The average molecular weight is 483 g/mol. The highest BCUT2D eigenvalue weighted by Crippen LogP contribution is 2.26. The Morgan fingerprint density at radius 3 is 1.12 bits per heavy atom. The van der Waals surface area contributed by atoms with E-state index in [2.05, 4.69) is 94.4 Å². The lowest BCUT2D eigenvalue weighted by Crippen LogP contribution is -1.86. The lowest BCUT2D eigenvalue weighted by Gasteiger charge is -2.05. The van der Waals surface area contributed by atoms with E-state index in [0.717, 1.165) is 29.0 Å². The first-order chi connectivity index (χ1) is 8.02. The van der Waals surface area contributed by atoms with E-state index in [9.17, 15) is 0 Å². The maximum atomic E-state index is 3.49. The zero-order valence-electron chi connectivity index (χ0n) is 8.55. The summed E-state index contributed by atoms with van der Waals surface area (Å²) >= 11 is 13.9. The van der Waals surface area contributed by atoms with Crippen molar-refractivity contribution in [2.75, 3.05) is 0 Å². The normalized spacial score (nSPS) is 10.6. The summed E-state index contributed by atoms with van der Waals surface area (Å²) < 4.78 is 4.25. The van der Waals surface area contributed by atoms with Crippen LogP contribution in [0.4, 0.5) is 0 Å². The number of hydrogen-bond donors (Lipinski definition) is 0. The molecule has 0 heterocycles. The first kappa shape index (κ1) is 13.8. The van der Waals surface area contributed by atoms with Gasteiger partial charge in [-0.3, -0.25) is 0 Å². The predicted molar refractivity (Wildman–Crippen MR) is 86.2 cm³/mol. The van der Waals surface area contributed by atoms with Crippen molar-refractivity contribution in [1.29, 1.82) is 0 Å². The Labute approximate surface area is 134 Å². The number of benzene rings is 2. The zero-order chi connectivity index (χ0) is 12.4. The Hall–Kier alpha value is 0.360. The Balaban J connectivity index is 2.31. The van der Waals surface area contributed by atoms with Crippen LogP contribution in [0.15, 0.2) is 54.3 Å². The van der Waals surface area contributed by atoms with E-state index >= 15 is 0 Å². The molecule has 2 aromatic rings. The lowest BCUT2D eigenvalue weighted by atomic mass is 10.1. The van der Waals surface area contributed by atoms with Crippen LogP contribution < -0.4 is 0 Å². The molecule has 0 fully saturated rings. The maximum absolute atomic E-state index is 3.49. The van der Waals surface area contributed by atoms with Gasteiger partial charge in [-0.05, 0) is 47.5 Å². The predicted octanol–water partition coefficient (Wildman–Crippen LogP) is 6.34. The molecule has 0 amide bonds. The smallest absolute Gasteiger partial charge is 0.0200 e. The zero-order valence-corrected chi connectivity index (χ0v) is 14.9. The highest BCUT2D eigenvalue weighted by Gasteiger charge is 2.02. The molecule has 0 bridgehead atoms. The third kappa shape index (κ3) is 4.19. The molecule has 0 atom stereocenters. The van der Waals surface area contributed by atoms with E-state index in [0.29, 0.717) is 0 Å². The van der Waals surface area contributed by atoms with Crippen molar-refractivity contribution in [3.8, 4) is 0 Å². The van der Waals surface area contributed by atoms with Crippen molar-refractivity contribution in [2.45, 2.75) is 0 Å². The van der Waals surface area contributed by atoms with Crippen LogP contribution in [0.2, 0.25) is 0 Å². The fraction of sp³-hybridized carbons (Fsp3) is 0. The second-order valence-electron chi connectivity index (χ2n) is 3.55. The van der Waals surface area contributed by atoms with Crippen LogP contribution in [0.1, 0.15) is 11.1 Å². The molecule has 0 saturated carbocycles. The molecule has 2 aromatic carbocycles. The molecule has 0 saturated heterocycles. The van der Waals surface area contributed by atoms with E-state index in [4.69, 9.17) is 0 Å². The molecule has 0 unspecified atom stereocenters. The van der Waals surface area contributed by atoms with Crippen molar-refractivity contribution < 1.29 is 0 Å². The summed E-state index contributed by atoms with van der Waals surface area (Å²) in [5.41, 5.74) is 2.30. The molecule has 1 radical (unpaired) electrons. The summed E-state index contributed by atoms with van der Waals surface area (Å²) in [6.07, 6.45) is 2.13. The lowest BCUT2D eigenvalue weighted by molar-refractivity contribution is 1.39. The first-order valence-corrected chi connectivity index (χ1v) is 7.97. The number of hydrogen-bond acceptors (Lipinski definition) is 0. The van der Waals surface area contributed by atoms with Gasteiger partial charge in [-0.1, -0.05) is 63.7 Å². The van der Waals surface area contributed by atoms with Gasteiger partial charge in [-0.25, -0.2) is 0 Å². The Morgan fingerprint density at radius 2 is 0.824 bits per heavy atom. The summed E-state index contributed by atoms with van der Waals surface area (Å²) in [7, 11) is 0. The van der Waals surface area contributed by atoms with Gasteiger partial charge in [-0.2, -0.15) is 0 Å². The third-order valence-corrected chi connectivity index (χ3v) is 3.93. The molecule has 0 aliphatic heterocycles. The topological polar surface area (TPSA) is 0 Å². The van der Waals surface area contributed by atoms with Gasteiger partial charge in [0.2, 0.25) is 0 Å². The van der Waals surface area contributed by atoms with Gasteiger partial charge in [-0.15, -0.1) is 0 Å². The van der Waals surface area contributed by atoms with Crippen LogP contribution in [0, 0.1) is 6.42 Å². The van der Waals surface area contributed by atoms with Crippen LogP contribution in [-0.2, 0) is 0 Å². The second-order valence-corrected chi connectivity index (χ2v) is 7.21. The van der Waals surface area contributed by atoms with Crippen molar-refractivity contribution in [3.05, 3.63) is 71.8 Å². The number of rotatable bonds is 2. The maximum Gasteiger partial charge on any atom is 0.0200 e. The van der Waals surface area contributed by atoms with Gasteiger partial charge < -0.3 is 0 Å². The molecule has 0 aliphatic carbocycles. The van der Waals surface area contributed by atoms with Crippen molar-refractivity contribution in [3.63, 3.8) is 0 Å². The molecule has 17 heavy (non-hydrogen) atoms. The van der Waals surface area contributed by atoms with Crippen LogP contribution in [-0.4, -0.2) is 0 Å². The van der Waals surface area contributed by atoms with E-state index in [1.807, 2.05) is 12.1 Å². The van der Waals surface area contributed by atoms with Crippen LogP contribution in [0.25, 0.3) is 0 Å². The fourth-order valence-electron chi connectivity index (χ4n) is 1.51. The number of halogens is 4. The molecule has 0 N–H and O–H groups in total. The van der Waals surface area contributed by atoms with E-state index in [1.54, 1.807) is 0 Å². The minimum Gasteiger partial charge on any atom is -0.0508 e. The summed E-state index contributed by atoms with van der Waals surface area (Å²) in [6, 6.07) is 12.4. The summed E-state index contributed by atoms with van der Waals surface area (Å²) in [5, 5.41) is 0. The monoisotopic (exact) mass is 479 g/mol. The van der Waals surface area contributed by atoms with Crippen molar-refractivity contribution in [2.24, 2.45) is 0 Å². The molecule has 87 valence electrons. The standard InChI is InChI=1S/C13H7Br4/c14-10-2-8(3-11(15)6-10)1-9-4-12(16)7-13(17)5-9/h1-7H. The summed E-state index contributed by atoms with van der Waals surface area (Å²) in [5.74, 6) is 0. The summed E-state index contributed by atoms with van der Waals surface area (Å²) in [4.78, 5) is 0. The van der Waals surface area contributed by atoms with Crippen molar-refractivity contribution >= 4 is 63.7 Å². The molecule has 0 nitrogen and oxygen atoms in total. The van der Waals surface area contributed by atoms with E-state index in [-0.39, 0.29) is 0 Å². The van der Waals surface area contributed by atoms with E-state index in [1.165, 1.54) is 0 Å². The second kappa shape index (κ2) is 6.00. The molecular formula is C13H7Br4. The van der Waals surface area contributed by atoms with Gasteiger partial charge in [0.05, 0.1) is 0 Å². The molecule has 4 heteroatoms. The van der Waals surface area contributed by atoms with E-state index < -0.39 is 0 Å².